The summed E-state index contributed by atoms with van der Waals surface area (Å²) in [5.41, 5.74) is 2.52. The molecule has 2 rings (SSSR count). The first kappa shape index (κ1) is 17.6. The van der Waals surface area contributed by atoms with Gasteiger partial charge in [0.2, 0.25) is 5.91 Å². The van der Waals surface area contributed by atoms with Gasteiger partial charge in [0.05, 0.1) is 11.7 Å². The predicted molar refractivity (Wildman–Crippen MR) is 94.6 cm³/mol. The van der Waals surface area contributed by atoms with E-state index in [9.17, 15) is 4.79 Å². The molecular formula is C17H19Cl2N3O. The lowest BCUT2D eigenvalue weighted by Crippen LogP contribution is -2.27. The van der Waals surface area contributed by atoms with Crippen LogP contribution >= 0.6 is 23.2 Å². The van der Waals surface area contributed by atoms with Gasteiger partial charge in [-0.25, -0.2) is 0 Å². The van der Waals surface area contributed by atoms with Crippen LogP contribution in [-0.2, 0) is 11.8 Å². The Morgan fingerprint density at radius 1 is 1.39 bits per heavy atom. The van der Waals surface area contributed by atoms with Crippen LogP contribution in [0.2, 0.25) is 10.2 Å². The molecule has 0 saturated carbocycles. The zero-order valence-corrected chi connectivity index (χ0v) is 15.1. The monoisotopic (exact) mass is 351 g/mol. The summed E-state index contributed by atoms with van der Waals surface area (Å²) in [6.07, 6.45) is 3.21. The van der Waals surface area contributed by atoms with Crippen molar-refractivity contribution in [1.29, 1.82) is 0 Å². The number of amides is 1. The van der Waals surface area contributed by atoms with Crippen molar-refractivity contribution in [2.45, 2.75) is 19.9 Å². The Morgan fingerprint density at radius 2 is 2.09 bits per heavy atom. The van der Waals surface area contributed by atoms with Gasteiger partial charge in [0.1, 0.15) is 5.15 Å². The Kier molecular flexibility index (Phi) is 5.50. The third-order valence-electron chi connectivity index (χ3n) is 3.85. The number of rotatable bonds is 4. The van der Waals surface area contributed by atoms with E-state index in [4.69, 9.17) is 23.2 Å². The number of carbonyl (C=O) groups excluding carboxylic acids is 1. The van der Waals surface area contributed by atoms with Crippen LogP contribution in [0.3, 0.4) is 0 Å². The van der Waals surface area contributed by atoms with Crippen molar-refractivity contribution in [1.82, 2.24) is 14.7 Å². The van der Waals surface area contributed by atoms with Gasteiger partial charge in [-0.2, -0.15) is 5.10 Å². The van der Waals surface area contributed by atoms with Crippen molar-refractivity contribution in [2.24, 2.45) is 7.05 Å². The fourth-order valence-corrected chi connectivity index (χ4v) is 2.73. The highest BCUT2D eigenvalue weighted by Gasteiger charge is 2.16. The number of aryl methyl sites for hydroxylation is 2. The van der Waals surface area contributed by atoms with E-state index < -0.39 is 0 Å². The SMILES string of the molecule is Cc1nn(C)c(Cl)c1/C=C/C(=O)N(C)C(C)c1cccc(Cl)c1. The van der Waals surface area contributed by atoms with Crippen LogP contribution in [0, 0.1) is 6.92 Å². The smallest absolute Gasteiger partial charge is 0.246 e. The van der Waals surface area contributed by atoms with Crippen LogP contribution < -0.4 is 0 Å². The maximum Gasteiger partial charge on any atom is 0.246 e. The second-order valence-electron chi connectivity index (χ2n) is 5.43. The number of nitrogens with zero attached hydrogens (tertiary/aromatic N) is 3. The van der Waals surface area contributed by atoms with Crippen molar-refractivity contribution >= 4 is 35.2 Å². The van der Waals surface area contributed by atoms with E-state index in [1.54, 1.807) is 29.8 Å². The molecule has 122 valence electrons. The summed E-state index contributed by atoms with van der Waals surface area (Å²) in [5, 5.41) is 5.39. The average Bonchev–Trinajstić information content (AvgIpc) is 2.76. The molecule has 1 heterocycles. The Hall–Kier alpha value is -1.78. The highest BCUT2D eigenvalue weighted by molar-refractivity contribution is 6.31. The van der Waals surface area contributed by atoms with Crippen molar-refractivity contribution < 1.29 is 4.79 Å². The Morgan fingerprint density at radius 3 is 2.65 bits per heavy atom. The fourth-order valence-electron chi connectivity index (χ4n) is 2.29. The van der Waals surface area contributed by atoms with Crippen LogP contribution in [-0.4, -0.2) is 27.6 Å². The fraction of sp³-hybridized carbons (Fsp3) is 0.294. The number of halogens is 2. The molecular weight excluding hydrogens is 333 g/mol. The molecule has 0 aliphatic heterocycles. The zero-order valence-electron chi connectivity index (χ0n) is 13.5. The first-order valence-corrected chi connectivity index (χ1v) is 7.96. The van der Waals surface area contributed by atoms with Crippen molar-refractivity contribution in [3.05, 3.63) is 57.3 Å². The molecule has 0 saturated heterocycles. The van der Waals surface area contributed by atoms with Crippen molar-refractivity contribution in [3.8, 4) is 0 Å². The molecule has 0 aliphatic rings. The standard InChI is InChI=1S/C17H19Cl2N3O/c1-11-15(17(19)22(4)20-11)8-9-16(23)21(3)12(2)13-6-5-7-14(18)10-13/h5-10,12H,1-4H3/b9-8+. The summed E-state index contributed by atoms with van der Waals surface area (Å²) < 4.78 is 1.58. The lowest BCUT2D eigenvalue weighted by atomic mass is 10.1. The Labute approximate surface area is 146 Å². The summed E-state index contributed by atoms with van der Waals surface area (Å²) in [6.45, 7) is 3.81. The van der Waals surface area contributed by atoms with Gasteiger partial charge in [0.25, 0.3) is 0 Å². The van der Waals surface area contributed by atoms with Crippen LogP contribution in [0.5, 0.6) is 0 Å². The predicted octanol–water partition coefficient (Wildman–Crippen LogP) is 4.27. The number of benzene rings is 1. The molecule has 1 unspecified atom stereocenters. The van der Waals surface area contributed by atoms with E-state index in [1.807, 2.05) is 38.1 Å². The van der Waals surface area contributed by atoms with Crippen molar-refractivity contribution in [3.63, 3.8) is 0 Å². The average molecular weight is 352 g/mol. The van der Waals surface area contributed by atoms with Gasteiger partial charge in [0, 0.05) is 30.8 Å². The molecule has 1 aromatic carbocycles. The van der Waals surface area contributed by atoms with E-state index in [2.05, 4.69) is 5.10 Å². The van der Waals surface area contributed by atoms with Crippen molar-refractivity contribution in [2.75, 3.05) is 7.05 Å². The first-order chi connectivity index (χ1) is 10.8. The molecule has 0 bridgehead atoms. The number of likely N-dealkylation sites (N-methyl/N-ethyl adjacent to an activating group) is 1. The molecule has 2 aromatic rings. The Bertz CT molecular complexity index is 752. The maximum atomic E-state index is 12.4. The molecule has 4 nitrogen and oxygen atoms in total. The molecule has 23 heavy (non-hydrogen) atoms. The summed E-state index contributed by atoms with van der Waals surface area (Å²) >= 11 is 12.2. The first-order valence-electron chi connectivity index (χ1n) is 7.20. The molecule has 1 aromatic heterocycles. The number of carbonyl (C=O) groups is 1. The Balaban J connectivity index is 2.15. The molecule has 6 heteroatoms. The van der Waals surface area contributed by atoms with Gasteiger partial charge in [-0.05, 0) is 37.6 Å². The van der Waals surface area contributed by atoms with E-state index in [-0.39, 0.29) is 11.9 Å². The highest BCUT2D eigenvalue weighted by atomic mass is 35.5. The highest BCUT2D eigenvalue weighted by Crippen LogP contribution is 2.23. The van der Waals surface area contributed by atoms with Crippen LogP contribution in [0.15, 0.2) is 30.3 Å². The molecule has 0 spiro atoms. The molecule has 0 N–H and O–H groups in total. The van der Waals surface area contributed by atoms with E-state index in [0.29, 0.717) is 10.2 Å². The summed E-state index contributed by atoms with van der Waals surface area (Å²) in [7, 11) is 3.53. The third kappa shape index (κ3) is 3.95. The van der Waals surface area contributed by atoms with Gasteiger partial charge in [-0.15, -0.1) is 0 Å². The van der Waals surface area contributed by atoms with Gasteiger partial charge < -0.3 is 4.90 Å². The minimum atomic E-state index is -0.114. The van der Waals surface area contributed by atoms with Crippen LogP contribution in [0.4, 0.5) is 0 Å². The lowest BCUT2D eigenvalue weighted by molar-refractivity contribution is -0.126. The van der Waals surface area contributed by atoms with Crippen LogP contribution in [0.1, 0.15) is 29.8 Å². The van der Waals surface area contributed by atoms with Gasteiger partial charge in [-0.1, -0.05) is 35.3 Å². The quantitative estimate of drug-likeness (QED) is 0.771. The molecule has 1 amide bonds. The normalized spacial score (nSPS) is 12.6. The van der Waals surface area contributed by atoms with E-state index in [0.717, 1.165) is 16.8 Å². The topological polar surface area (TPSA) is 38.1 Å². The summed E-state index contributed by atoms with van der Waals surface area (Å²) in [6, 6.07) is 7.42. The van der Waals surface area contributed by atoms with Crippen LogP contribution in [0.25, 0.3) is 6.08 Å². The number of aromatic nitrogens is 2. The second-order valence-corrected chi connectivity index (χ2v) is 6.22. The maximum absolute atomic E-state index is 12.4. The van der Waals surface area contributed by atoms with Gasteiger partial charge >= 0.3 is 0 Å². The third-order valence-corrected chi connectivity index (χ3v) is 4.53. The van der Waals surface area contributed by atoms with Gasteiger partial charge in [-0.3, -0.25) is 9.48 Å². The minimum absolute atomic E-state index is 0.0867. The summed E-state index contributed by atoms with van der Waals surface area (Å²) in [4.78, 5) is 14.0. The minimum Gasteiger partial charge on any atom is -0.335 e. The number of hydrogen-bond acceptors (Lipinski definition) is 2. The van der Waals surface area contributed by atoms with E-state index in [1.165, 1.54) is 6.08 Å². The largest absolute Gasteiger partial charge is 0.335 e. The lowest BCUT2D eigenvalue weighted by Gasteiger charge is -2.24. The zero-order chi connectivity index (χ0) is 17.1. The van der Waals surface area contributed by atoms with E-state index >= 15 is 0 Å². The molecule has 0 radical (unpaired) electrons. The molecule has 0 aliphatic carbocycles. The molecule has 1 atom stereocenters. The second kappa shape index (κ2) is 7.20. The summed E-state index contributed by atoms with van der Waals surface area (Å²) in [5.74, 6) is -0.114. The number of hydrogen-bond donors (Lipinski definition) is 0. The molecule has 0 fully saturated rings. The van der Waals surface area contributed by atoms with Gasteiger partial charge in [0.15, 0.2) is 0 Å².